The van der Waals surface area contributed by atoms with E-state index in [2.05, 4.69) is 36.5 Å². The van der Waals surface area contributed by atoms with Crippen LogP contribution in [0, 0.1) is 12.8 Å². The standard InChI is InChI=1S/C23H26N2O2S/c1-16-2-4-17(5-3-16)6-7-18-10-12-25(13-11-18)23(27)19-8-9-21-20(14-19)24-22(26)15-28-21/h2-5,8-9,14,18H,6-7,10-13,15H2,1H3,(H,24,26). The summed E-state index contributed by atoms with van der Waals surface area (Å²) in [5, 5.41) is 2.87. The van der Waals surface area contributed by atoms with Gasteiger partial charge in [-0.1, -0.05) is 29.8 Å². The molecule has 4 rings (SSSR count). The Morgan fingerprint density at radius 3 is 2.64 bits per heavy atom. The number of benzene rings is 2. The molecular weight excluding hydrogens is 368 g/mol. The van der Waals surface area contributed by atoms with Crippen molar-refractivity contribution in [1.29, 1.82) is 0 Å². The second kappa shape index (κ2) is 8.39. The van der Waals surface area contributed by atoms with Crippen molar-refractivity contribution in [2.24, 2.45) is 5.92 Å². The minimum Gasteiger partial charge on any atom is -0.339 e. The Hall–Kier alpha value is -2.27. The highest BCUT2D eigenvalue weighted by Gasteiger charge is 2.25. The summed E-state index contributed by atoms with van der Waals surface area (Å²) in [5.41, 5.74) is 4.13. The van der Waals surface area contributed by atoms with E-state index in [0.717, 1.165) is 42.9 Å². The van der Waals surface area contributed by atoms with Gasteiger partial charge in [0, 0.05) is 23.5 Å². The predicted molar refractivity (Wildman–Crippen MR) is 114 cm³/mol. The van der Waals surface area contributed by atoms with Crippen molar-refractivity contribution in [3.63, 3.8) is 0 Å². The Kier molecular flexibility index (Phi) is 5.72. The van der Waals surface area contributed by atoms with Crippen LogP contribution in [-0.4, -0.2) is 35.6 Å². The molecule has 4 nitrogen and oxygen atoms in total. The van der Waals surface area contributed by atoms with Crippen LogP contribution in [0.1, 0.15) is 40.7 Å². The highest BCUT2D eigenvalue weighted by molar-refractivity contribution is 8.00. The van der Waals surface area contributed by atoms with Crippen molar-refractivity contribution >= 4 is 29.3 Å². The number of anilines is 1. The van der Waals surface area contributed by atoms with Crippen LogP contribution in [0.15, 0.2) is 47.4 Å². The fourth-order valence-electron chi connectivity index (χ4n) is 3.95. The van der Waals surface area contributed by atoms with Crippen molar-refractivity contribution in [3.8, 4) is 0 Å². The summed E-state index contributed by atoms with van der Waals surface area (Å²) in [5.74, 6) is 1.20. The molecule has 2 aliphatic heterocycles. The molecular formula is C23H26N2O2S. The van der Waals surface area contributed by atoms with Gasteiger partial charge in [-0.3, -0.25) is 9.59 Å². The molecule has 0 atom stereocenters. The van der Waals surface area contributed by atoms with Gasteiger partial charge in [0.1, 0.15) is 0 Å². The lowest BCUT2D eigenvalue weighted by molar-refractivity contribution is -0.113. The number of hydrogen-bond donors (Lipinski definition) is 1. The van der Waals surface area contributed by atoms with Crippen LogP contribution in [0.5, 0.6) is 0 Å². The summed E-state index contributed by atoms with van der Waals surface area (Å²) >= 11 is 1.52. The molecule has 0 bridgehead atoms. The molecule has 0 saturated carbocycles. The maximum atomic E-state index is 12.9. The van der Waals surface area contributed by atoms with Gasteiger partial charge in [-0.05, 0) is 62.3 Å². The molecule has 2 aromatic carbocycles. The molecule has 0 aromatic heterocycles. The number of piperidine rings is 1. The molecule has 1 N–H and O–H groups in total. The zero-order chi connectivity index (χ0) is 19.5. The normalized spacial score (nSPS) is 17.2. The highest BCUT2D eigenvalue weighted by Crippen LogP contribution is 2.32. The van der Waals surface area contributed by atoms with E-state index in [9.17, 15) is 9.59 Å². The number of amides is 2. The Bertz CT molecular complexity index is 871. The molecule has 2 aliphatic rings. The Morgan fingerprint density at radius 1 is 1.14 bits per heavy atom. The monoisotopic (exact) mass is 394 g/mol. The van der Waals surface area contributed by atoms with E-state index < -0.39 is 0 Å². The Morgan fingerprint density at radius 2 is 1.89 bits per heavy atom. The minimum atomic E-state index is -0.00325. The van der Waals surface area contributed by atoms with Gasteiger partial charge in [-0.25, -0.2) is 0 Å². The largest absolute Gasteiger partial charge is 0.339 e. The third-order valence-corrected chi connectivity index (χ3v) is 6.80. The molecule has 1 fully saturated rings. The molecule has 0 radical (unpaired) electrons. The lowest BCUT2D eigenvalue weighted by Gasteiger charge is -2.32. The van der Waals surface area contributed by atoms with Gasteiger partial charge in [-0.2, -0.15) is 0 Å². The molecule has 5 heteroatoms. The van der Waals surface area contributed by atoms with Gasteiger partial charge in [0.25, 0.3) is 5.91 Å². The zero-order valence-electron chi connectivity index (χ0n) is 16.2. The van der Waals surface area contributed by atoms with E-state index in [1.54, 1.807) is 0 Å². The van der Waals surface area contributed by atoms with E-state index in [0.29, 0.717) is 17.2 Å². The summed E-state index contributed by atoms with van der Waals surface area (Å²) in [6.07, 6.45) is 4.43. The van der Waals surface area contributed by atoms with Gasteiger partial charge >= 0.3 is 0 Å². The number of nitrogens with zero attached hydrogens (tertiary/aromatic N) is 1. The number of carbonyl (C=O) groups is 2. The van der Waals surface area contributed by atoms with Crippen molar-refractivity contribution in [3.05, 3.63) is 59.2 Å². The van der Waals surface area contributed by atoms with Crippen LogP contribution in [0.25, 0.3) is 0 Å². The lowest BCUT2D eigenvalue weighted by Crippen LogP contribution is -2.38. The number of carbonyl (C=O) groups excluding carboxylic acids is 2. The third kappa shape index (κ3) is 4.41. The summed E-state index contributed by atoms with van der Waals surface area (Å²) in [7, 11) is 0. The first-order chi connectivity index (χ1) is 13.6. The second-order valence-corrected chi connectivity index (χ2v) is 8.82. The number of fused-ring (bicyclic) bond motifs is 1. The van der Waals surface area contributed by atoms with E-state index in [4.69, 9.17) is 0 Å². The average Bonchev–Trinajstić information content (AvgIpc) is 2.72. The fourth-order valence-corrected chi connectivity index (χ4v) is 4.74. The van der Waals surface area contributed by atoms with E-state index >= 15 is 0 Å². The first-order valence-corrected chi connectivity index (χ1v) is 11.0. The van der Waals surface area contributed by atoms with E-state index in [1.165, 1.54) is 29.3 Å². The van der Waals surface area contributed by atoms with Gasteiger partial charge in [0.15, 0.2) is 0 Å². The zero-order valence-corrected chi connectivity index (χ0v) is 17.1. The maximum Gasteiger partial charge on any atom is 0.253 e. The Labute approximate surface area is 170 Å². The van der Waals surface area contributed by atoms with Crippen LogP contribution in [0.2, 0.25) is 0 Å². The number of hydrogen-bond acceptors (Lipinski definition) is 3. The number of aryl methyl sites for hydroxylation is 2. The van der Waals surface area contributed by atoms with Crippen LogP contribution < -0.4 is 5.32 Å². The van der Waals surface area contributed by atoms with Crippen LogP contribution in [-0.2, 0) is 11.2 Å². The van der Waals surface area contributed by atoms with Crippen molar-refractivity contribution in [1.82, 2.24) is 4.90 Å². The summed E-state index contributed by atoms with van der Waals surface area (Å²) in [6.45, 7) is 3.75. The molecule has 0 aliphatic carbocycles. The van der Waals surface area contributed by atoms with Crippen molar-refractivity contribution in [2.45, 2.75) is 37.5 Å². The number of likely N-dealkylation sites (tertiary alicyclic amines) is 1. The number of thioether (sulfide) groups is 1. The third-order valence-electron chi connectivity index (χ3n) is 5.72. The smallest absolute Gasteiger partial charge is 0.253 e. The lowest BCUT2D eigenvalue weighted by atomic mass is 9.90. The number of nitrogens with one attached hydrogen (secondary N) is 1. The molecule has 0 unspecified atom stereocenters. The molecule has 28 heavy (non-hydrogen) atoms. The molecule has 0 spiro atoms. The van der Waals surface area contributed by atoms with Gasteiger partial charge in [0.2, 0.25) is 5.91 Å². The second-order valence-electron chi connectivity index (χ2n) is 7.81. The maximum absolute atomic E-state index is 12.9. The quantitative estimate of drug-likeness (QED) is 0.829. The van der Waals surface area contributed by atoms with Gasteiger partial charge in [-0.15, -0.1) is 11.8 Å². The van der Waals surface area contributed by atoms with Gasteiger partial charge < -0.3 is 10.2 Å². The van der Waals surface area contributed by atoms with Crippen LogP contribution in [0.3, 0.4) is 0 Å². The topological polar surface area (TPSA) is 49.4 Å². The first kappa shape index (κ1) is 19.1. The van der Waals surface area contributed by atoms with Crippen LogP contribution >= 0.6 is 11.8 Å². The summed E-state index contributed by atoms with van der Waals surface area (Å²) < 4.78 is 0. The molecule has 2 aromatic rings. The highest BCUT2D eigenvalue weighted by atomic mass is 32.2. The summed E-state index contributed by atoms with van der Waals surface area (Å²) in [4.78, 5) is 27.5. The van der Waals surface area contributed by atoms with E-state index in [1.807, 2.05) is 23.1 Å². The first-order valence-electron chi connectivity index (χ1n) is 10.00. The van der Waals surface area contributed by atoms with Crippen LogP contribution in [0.4, 0.5) is 5.69 Å². The SMILES string of the molecule is Cc1ccc(CCC2CCN(C(=O)c3ccc4c(c3)NC(=O)CS4)CC2)cc1. The molecule has 2 heterocycles. The molecule has 146 valence electrons. The van der Waals surface area contributed by atoms with Gasteiger partial charge in [0.05, 0.1) is 11.4 Å². The summed E-state index contributed by atoms with van der Waals surface area (Å²) in [6, 6.07) is 14.5. The average molecular weight is 395 g/mol. The molecule has 2 amide bonds. The fraction of sp³-hybridized carbons (Fsp3) is 0.391. The van der Waals surface area contributed by atoms with Crippen molar-refractivity contribution < 1.29 is 9.59 Å². The molecule has 1 saturated heterocycles. The van der Waals surface area contributed by atoms with E-state index in [-0.39, 0.29) is 11.8 Å². The Balaban J connectivity index is 1.31. The number of rotatable bonds is 4. The minimum absolute atomic E-state index is 0.00325. The van der Waals surface area contributed by atoms with Crippen molar-refractivity contribution in [2.75, 3.05) is 24.2 Å². The predicted octanol–water partition coefficient (Wildman–Crippen LogP) is 4.52.